The van der Waals surface area contributed by atoms with Crippen molar-refractivity contribution in [3.8, 4) is 6.07 Å². The Labute approximate surface area is 76.5 Å². The van der Waals surface area contributed by atoms with Gasteiger partial charge >= 0.3 is 0 Å². The molecule has 0 radical (unpaired) electrons. The molecule has 4 nitrogen and oxygen atoms in total. The fraction of sp³-hybridized carbons (Fsp3) is 0.111. The summed E-state index contributed by atoms with van der Waals surface area (Å²) in [6.07, 6.45) is 2.96. The van der Waals surface area contributed by atoms with Crippen molar-refractivity contribution in [1.29, 1.82) is 5.26 Å². The van der Waals surface area contributed by atoms with Gasteiger partial charge in [-0.05, 0) is 6.07 Å². The normalized spacial score (nSPS) is 11.7. The van der Waals surface area contributed by atoms with E-state index >= 15 is 0 Å². The number of hydrogen-bond donors (Lipinski definition) is 2. The van der Waals surface area contributed by atoms with E-state index in [1.165, 1.54) is 6.20 Å². The van der Waals surface area contributed by atoms with Gasteiger partial charge in [-0.25, -0.2) is 4.98 Å². The third-order valence-corrected chi connectivity index (χ3v) is 1.69. The molecule has 0 bridgehead atoms. The molecule has 0 spiro atoms. The van der Waals surface area contributed by atoms with Crippen molar-refractivity contribution in [2.45, 2.75) is 6.04 Å². The molecule has 1 aromatic heterocycles. The molecule has 13 heavy (non-hydrogen) atoms. The molecule has 1 heterocycles. The lowest BCUT2D eigenvalue weighted by molar-refractivity contribution is 0.908. The van der Waals surface area contributed by atoms with E-state index < -0.39 is 0 Å². The number of rotatable bonds is 2. The highest BCUT2D eigenvalue weighted by Gasteiger charge is 2.07. The average Bonchev–Trinajstić information content (AvgIpc) is 2.17. The molecule has 0 aliphatic rings. The maximum Gasteiger partial charge on any atom is 0.128 e. The van der Waals surface area contributed by atoms with Crippen LogP contribution in [0.3, 0.4) is 0 Å². The van der Waals surface area contributed by atoms with Gasteiger partial charge in [0.25, 0.3) is 0 Å². The van der Waals surface area contributed by atoms with Crippen LogP contribution in [0, 0.1) is 11.3 Å². The lowest BCUT2D eigenvalue weighted by atomic mass is 10.1. The number of nitrogens with two attached hydrogens (primary N) is 2. The number of pyridine rings is 1. The van der Waals surface area contributed by atoms with Gasteiger partial charge in [-0.2, -0.15) is 5.26 Å². The first kappa shape index (κ1) is 9.23. The third-order valence-electron chi connectivity index (χ3n) is 1.69. The summed E-state index contributed by atoms with van der Waals surface area (Å²) in [5.74, 6) is 0.339. The molecule has 0 fully saturated rings. The van der Waals surface area contributed by atoms with E-state index in [-0.39, 0.29) is 6.04 Å². The SMILES string of the molecule is C=CC(N)c1cc(C#N)cnc1N. The molecule has 1 unspecified atom stereocenters. The highest BCUT2D eigenvalue weighted by Crippen LogP contribution is 2.17. The predicted octanol–water partition coefficient (Wildman–Crippen LogP) is 0.721. The van der Waals surface area contributed by atoms with Crippen LogP contribution < -0.4 is 11.5 Å². The lowest BCUT2D eigenvalue weighted by Gasteiger charge is -2.08. The van der Waals surface area contributed by atoms with Crippen molar-refractivity contribution in [3.05, 3.63) is 36.0 Å². The Balaban J connectivity index is 3.20. The Morgan fingerprint density at radius 2 is 2.38 bits per heavy atom. The number of aromatic nitrogens is 1. The highest BCUT2D eigenvalue weighted by atomic mass is 14.8. The van der Waals surface area contributed by atoms with Gasteiger partial charge in [0.1, 0.15) is 11.9 Å². The second-order valence-electron chi connectivity index (χ2n) is 2.57. The van der Waals surface area contributed by atoms with Crippen LogP contribution in [-0.2, 0) is 0 Å². The summed E-state index contributed by atoms with van der Waals surface area (Å²) < 4.78 is 0. The van der Waals surface area contributed by atoms with E-state index in [0.717, 1.165) is 0 Å². The summed E-state index contributed by atoms with van der Waals surface area (Å²) in [5, 5.41) is 8.61. The molecular formula is C9H10N4. The fourth-order valence-corrected chi connectivity index (χ4v) is 0.947. The molecule has 0 aromatic carbocycles. The minimum atomic E-state index is -0.374. The predicted molar refractivity (Wildman–Crippen MR) is 50.5 cm³/mol. The van der Waals surface area contributed by atoms with Gasteiger partial charge in [0.2, 0.25) is 0 Å². The zero-order chi connectivity index (χ0) is 9.84. The lowest BCUT2D eigenvalue weighted by Crippen LogP contribution is -2.10. The van der Waals surface area contributed by atoms with Crippen molar-refractivity contribution in [2.24, 2.45) is 5.73 Å². The van der Waals surface area contributed by atoms with E-state index in [1.54, 1.807) is 12.1 Å². The summed E-state index contributed by atoms with van der Waals surface area (Å²) in [4.78, 5) is 3.85. The maximum atomic E-state index is 8.61. The molecule has 66 valence electrons. The van der Waals surface area contributed by atoms with Gasteiger partial charge in [0.15, 0.2) is 0 Å². The molecule has 0 saturated carbocycles. The number of nitrogens with zero attached hydrogens (tertiary/aromatic N) is 2. The Morgan fingerprint density at radius 3 is 2.92 bits per heavy atom. The van der Waals surface area contributed by atoms with E-state index in [2.05, 4.69) is 11.6 Å². The summed E-state index contributed by atoms with van der Waals surface area (Å²) >= 11 is 0. The van der Waals surface area contributed by atoms with Crippen molar-refractivity contribution < 1.29 is 0 Å². The van der Waals surface area contributed by atoms with E-state index in [1.807, 2.05) is 6.07 Å². The van der Waals surface area contributed by atoms with E-state index in [9.17, 15) is 0 Å². The molecule has 1 atom stereocenters. The number of nitrogen functional groups attached to an aromatic ring is 1. The molecule has 4 N–H and O–H groups in total. The number of nitriles is 1. The van der Waals surface area contributed by atoms with Gasteiger partial charge in [-0.15, -0.1) is 6.58 Å². The summed E-state index contributed by atoms with van der Waals surface area (Å²) in [6.45, 7) is 3.54. The molecule has 0 amide bonds. The van der Waals surface area contributed by atoms with Gasteiger partial charge in [-0.3, -0.25) is 0 Å². The molecule has 0 aliphatic carbocycles. The van der Waals surface area contributed by atoms with E-state index in [4.69, 9.17) is 16.7 Å². The topological polar surface area (TPSA) is 88.7 Å². The van der Waals surface area contributed by atoms with Gasteiger partial charge in [0.05, 0.1) is 11.6 Å². The number of hydrogen-bond acceptors (Lipinski definition) is 4. The van der Waals surface area contributed by atoms with E-state index in [0.29, 0.717) is 16.9 Å². The highest BCUT2D eigenvalue weighted by molar-refractivity contribution is 5.46. The minimum absolute atomic E-state index is 0.339. The molecule has 0 aliphatic heterocycles. The van der Waals surface area contributed by atoms with Crippen LogP contribution in [0.15, 0.2) is 24.9 Å². The zero-order valence-corrected chi connectivity index (χ0v) is 7.07. The second-order valence-corrected chi connectivity index (χ2v) is 2.57. The van der Waals surface area contributed by atoms with Crippen molar-refractivity contribution in [1.82, 2.24) is 4.98 Å². The molecule has 4 heteroatoms. The molecule has 0 saturated heterocycles. The molecule has 1 rings (SSSR count). The van der Waals surface area contributed by atoms with Crippen LogP contribution in [0.25, 0.3) is 0 Å². The molecular weight excluding hydrogens is 164 g/mol. The van der Waals surface area contributed by atoms with Crippen LogP contribution in [0.4, 0.5) is 5.82 Å². The van der Waals surface area contributed by atoms with Gasteiger partial charge in [-0.1, -0.05) is 6.08 Å². The minimum Gasteiger partial charge on any atom is -0.383 e. The summed E-state index contributed by atoms with van der Waals surface area (Å²) in [7, 11) is 0. The summed E-state index contributed by atoms with van der Waals surface area (Å²) in [5.41, 5.74) is 12.3. The average molecular weight is 174 g/mol. The first-order valence-corrected chi connectivity index (χ1v) is 3.72. The number of anilines is 1. The Hall–Kier alpha value is -1.86. The van der Waals surface area contributed by atoms with Crippen LogP contribution >= 0.6 is 0 Å². The summed E-state index contributed by atoms with van der Waals surface area (Å²) in [6, 6.07) is 3.21. The Kier molecular flexibility index (Phi) is 2.62. The van der Waals surface area contributed by atoms with Crippen molar-refractivity contribution in [2.75, 3.05) is 5.73 Å². The second kappa shape index (κ2) is 3.70. The zero-order valence-electron chi connectivity index (χ0n) is 7.07. The monoisotopic (exact) mass is 174 g/mol. The first-order chi connectivity index (χ1) is 6.19. The third kappa shape index (κ3) is 1.83. The van der Waals surface area contributed by atoms with Crippen LogP contribution in [-0.4, -0.2) is 4.98 Å². The van der Waals surface area contributed by atoms with Gasteiger partial charge in [0, 0.05) is 11.8 Å². The first-order valence-electron chi connectivity index (χ1n) is 3.72. The van der Waals surface area contributed by atoms with Crippen LogP contribution in [0.2, 0.25) is 0 Å². The largest absolute Gasteiger partial charge is 0.383 e. The fourth-order valence-electron chi connectivity index (χ4n) is 0.947. The Morgan fingerprint density at radius 1 is 1.69 bits per heavy atom. The van der Waals surface area contributed by atoms with Crippen LogP contribution in [0.1, 0.15) is 17.2 Å². The van der Waals surface area contributed by atoms with Crippen molar-refractivity contribution in [3.63, 3.8) is 0 Å². The standard InChI is InChI=1S/C9H10N4/c1-2-8(11)7-3-6(4-10)5-13-9(7)12/h2-3,5,8H,1,11H2,(H2,12,13). The smallest absolute Gasteiger partial charge is 0.128 e. The molecule has 1 aromatic rings. The Bertz CT molecular complexity index is 364. The quantitative estimate of drug-likeness (QED) is 0.646. The van der Waals surface area contributed by atoms with Crippen molar-refractivity contribution >= 4 is 5.82 Å². The van der Waals surface area contributed by atoms with Crippen LogP contribution in [0.5, 0.6) is 0 Å². The van der Waals surface area contributed by atoms with Gasteiger partial charge < -0.3 is 11.5 Å². The maximum absolute atomic E-state index is 8.61.